The Balaban J connectivity index is 1.59. The molecule has 3 rings (SSSR count). The molecule has 106 valence electrons. The normalized spacial score (nSPS) is 32.8. The average molecular weight is 274 g/mol. The maximum absolute atomic E-state index is 5.99. The van der Waals surface area contributed by atoms with Gasteiger partial charge in [0.05, 0.1) is 12.7 Å². The molecular weight excluding hydrogens is 256 g/mol. The second-order valence-electron chi connectivity index (χ2n) is 4.89. The second-order valence-corrected chi connectivity index (χ2v) is 4.89. The summed E-state index contributed by atoms with van der Waals surface area (Å²) >= 11 is 0. The quantitative estimate of drug-likeness (QED) is 0.627. The molecule has 4 atom stereocenters. The van der Waals surface area contributed by atoms with E-state index in [0.717, 1.165) is 18.4 Å². The van der Waals surface area contributed by atoms with Crippen LogP contribution in [0.4, 0.5) is 0 Å². The second kappa shape index (κ2) is 6.25. The standard InChI is InChI=1S/C16H18O4/c1-2-10-17-15-9-8-13-14(19-15)11-18-16(20-13)12-6-4-3-5-7-12/h3-7,10,13-16H,1,8-9,11H2/t13-,14+,15-,16?/m0/s1. The number of rotatable bonds is 3. The molecule has 0 aliphatic carbocycles. The number of hydrogen-bond donors (Lipinski definition) is 0. The molecule has 0 saturated carbocycles. The molecule has 0 radical (unpaired) electrons. The van der Waals surface area contributed by atoms with Gasteiger partial charge in [0.2, 0.25) is 0 Å². The van der Waals surface area contributed by atoms with Crippen molar-refractivity contribution in [3.05, 3.63) is 54.5 Å². The Morgan fingerprint density at radius 1 is 1.15 bits per heavy atom. The molecule has 2 heterocycles. The topological polar surface area (TPSA) is 36.9 Å². The smallest absolute Gasteiger partial charge is 0.200 e. The third-order valence-electron chi connectivity index (χ3n) is 3.51. The lowest BCUT2D eigenvalue weighted by molar-refractivity contribution is -0.310. The fraction of sp³-hybridized carbons (Fsp3) is 0.438. The van der Waals surface area contributed by atoms with E-state index in [4.69, 9.17) is 18.9 Å². The maximum Gasteiger partial charge on any atom is 0.200 e. The summed E-state index contributed by atoms with van der Waals surface area (Å²) in [6, 6.07) is 9.97. The van der Waals surface area contributed by atoms with Gasteiger partial charge in [-0.05, 0) is 6.42 Å². The van der Waals surface area contributed by atoms with Crippen molar-refractivity contribution in [1.29, 1.82) is 0 Å². The van der Waals surface area contributed by atoms with Gasteiger partial charge in [0.25, 0.3) is 0 Å². The van der Waals surface area contributed by atoms with Crippen LogP contribution >= 0.6 is 0 Å². The molecule has 1 aromatic rings. The highest BCUT2D eigenvalue weighted by molar-refractivity contribution is 5.16. The van der Waals surface area contributed by atoms with E-state index < -0.39 is 0 Å². The lowest BCUT2D eigenvalue weighted by Gasteiger charge is -2.41. The van der Waals surface area contributed by atoms with Crippen LogP contribution in [0.1, 0.15) is 24.7 Å². The van der Waals surface area contributed by atoms with Crippen molar-refractivity contribution >= 4 is 0 Å². The predicted octanol–water partition coefficient (Wildman–Crippen LogP) is 2.92. The zero-order valence-corrected chi connectivity index (χ0v) is 11.2. The zero-order valence-electron chi connectivity index (χ0n) is 11.2. The van der Waals surface area contributed by atoms with Gasteiger partial charge >= 0.3 is 0 Å². The van der Waals surface area contributed by atoms with Crippen molar-refractivity contribution in [3.63, 3.8) is 0 Å². The minimum absolute atomic E-state index is 0.0570. The van der Waals surface area contributed by atoms with E-state index in [2.05, 4.69) is 12.3 Å². The molecule has 2 saturated heterocycles. The number of benzene rings is 1. The van der Waals surface area contributed by atoms with Crippen molar-refractivity contribution in [2.75, 3.05) is 6.61 Å². The van der Waals surface area contributed by atoms with Crippen molar-refractivity contribution in [2.24, 2.45) is 0 Å². The molecule has 20 heavy (non-hydrogen) atoms. The molecule has 0 aromatic heterocycles. The Morgan fingerprint density at radius 2 is 2.00 bits per heavy atom. The van der Waals surface area contributed by atoms with E-state index in [1.165, 1.54) is 6.26 Å². The molecule has 4 heteroatoms. The van der Waals surface area contributed by atoms with Crippen molar-refractivity contribution in [3.8, 4) is 0 Å². The molecule has 0 bridgehead atoms. The van der Waals surface area contributed by atoms with Gasteiger partial charge in [-0.2, -0.15) is 0 Å². The highest BCUT2D eigenvalue weighted by atomic mass is 16.7. The van der Waals surface area contributed by atoms with Crippen LogP contribution in [0.25, 0.3) is 0 Å². The van der Waals surface area contributed by atoms with E-state index >= 15 is 0 Å². The van der Waals surface area contributed by atoms with Crippen LogP contribution in [0.15, 0.2) is 48.9 Å². The van der Waals surface area contributed by atoms with Gasteiger partial charge in [-0.1, -0.05) is 42.6 Å². The molecule has 2 fully saturated rings. The first-order valence-corrected chi connectivity index (χ1v) is 6.84. The fourth-order valence-corrected chi connectivity index (χ4v) is 2.53. The van der Waals surface area contributed by atoms with E-state index in [1.54, 1.807) is 0 Å². The highest BCUT2D eigenvalue weighted by Gasteiger charge is 2.38. The number of hydrogen-bond acceptors (Lipinski definition) is 4. The van der Waals surface area contributed by atoms with Gasteiger partial charge in [-0.3, -0.25) is 0 Å². The van der Waals surface area contributed by atoms with E-state index in [9.17, 15) is 0 Å². The highest BCUT2D eigenvalue weighted by Crippen LogP contribution is 2.33. The van der Waals surface area contributed by atoms with Gasteiger partial charge in [0, 0.05) is 12.0 Å². The van der Waals surface area contributed by atoms with Crippen LogP contribution in [-0.4, -0.2) is 25.1 Å². The summed E-state index contributed by atoms with van der Waals surface area (Å²) in [5, 5.41) is 0. The monoisotopic (exact) mass is 274 g/mol. The summed E-state index contributed by atoms with van der Waals surface area (Å²) in [5.74, 6) is 0. The molecule has 1 unspecified atom stereocenters. The summed E-state index contributed by atoms with van der Waals surface area (Å²) in [6.45, 7) is 3.98. The Labute approximate surface area is 118 Å². The molecule has 2 aliphatic heterocycles. The van der Waals surface area contributed by atoms with E-state index in [1.807, 2.05) is 30.3 Å². The van der Waals surface area contributed by atoms with Gasteiger partial charge in [0.1, 0.15) is 12.4 Å². The summed E-state index contributed by atoms with van der Waals surface area (Å²) in [6.07, 6.45) is 2.54. The summed E-state index contributed by atoms with van der Waals surface area (Å²) in [4.78, 5) is 0. The zero-order chi connectivity index (χ0) is 13.8. The Bertz CT molecular complexity index is 481. The molecule has 1 aromatic carbocycles. The van der Waals surface area contributed by atoms with Crippen LogP contribution in [0.3, 0.4) is 0 Å². The van der Waals surface area contributed by atoms with Crippen LogP contribution in [0.5, 0.6) is 0 Å². The third kappa shape index (κ3) is 2.94. The first-order chi connectivity index (χ1) is 9.86. The Morgan fingerprint density at radius 3 is 2.80 bits per heavy atom. The van der Waals surface area contributed by atoms with Crippen LogP contribution < -0.4 is 0 Å². The largest absolute Gasteiger partial charge is 0.464 e. The summed E-state index contributed by atoms with van der Waals surface area (Å²) < 4.78 is 22.9. The molecule has 0 spiro atoms. The van der Waals surface area contributed by atoms with Gasteiger partial charge in [0.15, 0.2) is 12.6 Å². The lowest BCUT2D eigenvalue weighted by Crippen LogP contribution is -2.48. The Hall–Kier alpha value is -1.58. The van der Waals surface area contributed by atoms with Crippen LogP contribution in [0, 0.1) is 0 Å². The third-order valence-corrected chi connectivity index (χ3v) is 3.51. The lowest BCUT2D eigenvalue weighted by atomic mass is 10.0. The minimum Gasteiger partial charge on any atom is -0.464 e. The predicted molar refractivity (Wildman–Crippen MR) is 72.7 cm³/mol. The average Bonchev–Trinajstić information content (AvgIpc) is 2.53. The van der Waals surface area contributed by atoms with Crippen LogP contribution in [0.2, 0.25) is 0 Å². The molecule has 4 nitrogen and oxygen atoms in total. The number of ether oxygens (including phenoxy) is 4. The van der Waals surface area contributed by atoms with Gasteiger partial charge in [-0.15, -0.1) is 0 Å². The fourth-order valence-electron chi connectivity index (χ4n) is 2.53. The first-order valence-electron chi connectivity index (χ1n) is 6.84. The minimum atomic E-state index is -0.299. The number of fused-ring (bicyclic) bond motifs is 1. The molecule has 0 amide bonds. The van der Waals surface area contributed by atoms with Crippen LogP contribution in [-0.2, 0) is 18.9 Å². The van der Waals surface area contributed by atoms with Crippen molar-refractivity contribution in [1.82, 2.24) is 0 Å². The van der Waals surface area contributed by atoms with Crippen molar-refractivity contribution in [2.45, 2.75) is 37.6 Å². The first kappa shape index (κ1) is 13.4. The molecular formula is C16H18O4. The molecule has 2 aliphatic rings. The maximum atomic E-state index is 5.99. The van der Waals surface area contributed by atoms with Gasteiger partial charge < -0.3 is 18.9 Å². The van der Waals surface area contributed by atoms with Crippen molar-refractivity contribution < 1.29 is 18.9 Å². The Kier molecular flexibility index (Phi) is 4.19. The van der Waals surface area contributed by atoms with Gasteiger partial charge in [-0.25, -0.2) is 0 Å². The SMILES string of the molecule is C=C=CO[C@@H]1CC[C@@H]2OC(c3ccccc3)OC[C@H]2O1. The summed E-state index contributed by atoms with van der Waals surface area (Å²) in [7, 11) is 0. The van der Waals surface area contributed by atoms with E-state index in [0.29, 0.717) is 6.61 Å². The molecule has 0 N–H and O–H groups in total. The van der Waals surface area contributed by atoms with E-state index in [-0.39, 0.29) is 24.8 Å². The summed E-state index contributed by atoms with van der Waals surface area (Å²) in [5.41, 5.74) is 3.62.